The topological polar surface area (TPSA) is 8.81 Å². The molecule has 134 valence electrons. The number of aryl methyl sites for hydroxylation is 2. The monoisotopic (exact) mass is 321 g/mol. The summed E-state index contributed by atoms with van der Waals surface area (Å²) in [4.78, 5) is 0. The van der Waals surface area contributed by atoms with E-state index in [9.17, 15) is 0 Å². The molecule has 0 aliphatic rings. The molecule has 0 aromatic carbocycles. The summed E-state index contributed by atoms with van der Waals surface area (Å²) in [6, 6.07) is 0. The first-order valence-corrected chi connectivity index (χ1v) is 10.4. The summed E-state index contributed by atoms with van der Waals surface area (Å²) in [5.74, 6) is 0. The maximum atomic E-state index is 2.32. The van der Waals surface area contributed by atoms with Crippen molar-refractivity contribution in [1.82, 2.24) is 4.57 Å². The molecule has 0 atom stereocenters. The zero-order chi connectivity index (χ0) is 16.6. The number of nitrogens with zero attached hydrogens (tertiary/aromatic N) is 2. The second-order valence-electron chi connectivity index (χ2n) is 7.08. The summed E-state index contributed by atoms with van der Waals surface area (Å²) >= 11 is 0. The Balaban J connectivity index is 1.76. The number of rotatable bonds is 16. The van der Waals surface area contributed by atoms with E-state index in [0.717, 1.165) is 6.54 Å². The van der Waals surface area contributed by atoms with Crippen LogP contribution in [0.2, 0.25) is 0 Å². The van der Waals surface area contributed by atoms with E-state index < -0.39 is 0 Å². The molecule has 2 nitrogen and oxygen atoms in total. The Morgan fingerprint density at radius 1 is 0.652 bits per heavy atom. The Morgan fingerprint density at radius 3 is 1.57 bits per heavy atom. The zero-order valence-corrected chi connectivity index (χ0v) is 15.9. The molecule has 0 N–H and O–H groups in total. The van der Waals surface area contributed by atoms with E-state index in [2.05, 4.69) is 41.7 Å². The van der Waals surface area contributed by atoms with E-state index in [1.165, 1.54) is 96.4 Å². The molecule has 1 aromatic heterocycles. The van der Waals surface area contributed by atoms with Crippen molar-refractivity contribution in [3.8, 4) is 0 Å². The molecule has 1 aromatic rings. The van der Waals surface area contributed by atoms with Crippen LogP contribution in [0.5, 0.6) is 0 Å². The Labute approximate surface area is 145 Å². The van der Waals surface area contributed by atoms with E-state index in [1.54, 1.807) is 0 Å². The second kappa shape index (κ2) is 14.8. The van der Waals surface area contributed by atoms with Gasteiger partial charge >= 0.3 is 0 Å². The Kier molecular flexibility index (Phi) is 13.0. The maximum Gasteiger partial charge on any atom is 0.243 e. The van der Waals surface area contributed by atoms with Crippen molar-refractivity contribution in [2.45, 2.75) is 117 Å². The van der Waals surface area contributed by atoms with Gasteiger partial charge in [-0.1, -0.05) is 84.0 Å². The SMILES string of the molecule is CCCCCCCCCCCCCCCCn1cc[n+](CC)c1. The molecular weight excluding hydrogens is 280 g/mol. The highest BCUT2D eigenvalue weighted by Gasteiger charge is 2.01. The van der Waals surface area contributed by atoms with Crippen LogP contribution in [0.1, 0.15) is 104 Å². The third-order valence-electron chi connectivity index (χ3n) is 4.88. The lowest BCUT2D eigenvalue weighted by Gasteiger charge is -2.03. The number of aromatic nitrogens is 2. The van der Waals surface area contributed by atoms with Crippen molar-refractivity contribution in [1.29, 1.82) is 0 Å². The Bertz CT molecular complexity index is 356. The van der Waals surface area contributed by atoms with Gasteiger partial charge in [0.25, 0.3) is 0 Å². The minimum absolute atomic E-state index is 1.08. The van der Waals surface area contributed by atoms with Gasteiger partial charge in [-0.2, -0.15) is 0 Å². The molecule has 0 aliphatic carbocycles. The molecule has 1 rings (SSSR count). The highest BCUT2D eigenvalue weighted by atomic mass is 15.1. The minimum atomic E-state index is 1.08. The zero-order valence-electron chi connectivity index (χ0n) is 15.9. The molecule has 2 heteroatoms. The number of unbranched alkanes of at least 4 members (excludes halogenated alkanes) is 13. The first-order valence-electron chi connectivity index (χ1n) is 10.4. The van der Waals surface area contributed by atoms with Crippen molar-refractivity contribution in [2.75, 3.05) is 0 Å². The largest absolute Gasteiger partial charge is 0.243 e. The van der Waals surface area contributed by atoms with Crippen molar-refractivity contribution >= 4 is 0 Å². The number of hydrogen-bond acceptors (Lipinski definition) is 0. The highest BCUT2D eigenvalue weighted by Crippen LogP contribution is 2.13. The quantitative estimate of drug-likeness (QED) is 0.250. The molecule has 0 spiro atoms. The van der Waals surface area contributed by atoms with E-state index in [4.69, 9.17) is 0 Å². The van der Waals surface area contributed by atoms with Gasteiger partial charge in [0.2, 0.25) is 6.33 Å². The first-order chi connectivity index (χ1) is 11.4. The number of hydrogen-bond donors (Lipinski definition) is 0. The van der Waals surface area contributed by atoms with E-state index >= 15 is 0 Å². The van der Waals surface area contributed by atoms with Crippen LogP contribution >= 0.6 is 0 Å². The molecule has 0 unspecified atom stereocenters. The van der Waals surface area contributed by atoms with Gasteiger partial charge in [-0.3, -0.25) is 0 Å². The summed E-state index contributed by atoms with van der Waals surface area (Å²) < 4.78 is 4.56. The standard InChI is InChI=1S/C21H41N2/c1-3-5-6-7-8-9-10-11-12-13-14-15-16-17-18-23-20-19-22(4-2)21-23/h19-21H,3-18H2,1-2H3/q+1. The molecule has 0 fully saturated rings. The predicted octanol–water partition coefficient (Wildman–Crippen LogP) is 6.28. The van der Waals surface area contributed by atoms with Crippen LogP contribution in [0, 0.1) is 0 Å². The second-order valence-corrected chi connectivity index (χ2v) is 7.08. The summed E-state index contributed by atoms with van der Waals surface area (Å²) in [6.45, 7) is 6.75. The molecule has 0 aliphatic heterocycles. The molecule has 0 saturated heterocycles. The fraction of sp³-hybridized carbons (Fsp3) is 0.857. The van der Waals surface area contributed by atoms with Crippen LogP contribution < -0.4 is 4.57 Å². The highest BCUT2D eigenvalue weighted by molar-refractivity contribution is 4.66. The molecule has 0 amide bonds. The van der Waals surface area contributed by atoms with E-state index in [0.29, 0.717) is 0 Å². The van der Waals surface area contributed by atoms with Crippen molar-refractivity contribution < 1.29 is 4.57 Å². The minimum Gasteiger partial charge on any atom is -0.237 e. The van der Waals surface area contributed by atoms with Gasteiger partial charge in [0.05, 0.1) is 13.1 Å². The smallest absolute Gasteiger partial charge is 0.237 e. The van der Waals surface area contributed by atoms with Crippen LogP contribution in [0.15, 0.2) is 18.7 Å². The average Bonchev–Trinajstić information content (AvgIpc) is 3.03. The third-order valence-corrected chi connectivity index (χ3v) is 4.88. The third kappa shape index (κ3) is 11.4. The average molecular weight is 322 g/mol. The summed E-state index contributed by atoms with van der Waals surface area (Å²) in [6.07, 6.45) is 26.7. The molecular formula is C21H41N2+. The lowest BCUT2D eigenvalue weighted by atomic mass is 10.0. The Hall–Kier alpha value is -0.790. The van der Waals surface area contributed by atoms with E-state index in [1.807, 2.05) is 0 Å². The van der Waals surface area contributed by atoms with Gasteiger partial charge in [0, 0.05) is 0 Å². The Morgan fingerprint density at radius 2 is 1.13 bits per heavy atom. The van der Waals surface area contributed by atoms with Crippen molar-refractivity contribution in [3.05, 3.63) is 18.7 Å². The van der Waals surface area contributed by atoms with Crippen molar-refractivity contribution in [2.24, 2.45) is 0 Å². The van der Waals surface area contributed by atoms with Gasteiger partial charge in [-0.15, -0.1) is 0 Å². The predicted molar refractivity (Wildman–Crippen MR) is 101 cm³/mol. The van der Waals surface area contributed by atoms with Crippen LogP contribution in [0.4, 0.5) is 0 Å². The maximum absolute atomic E-state index is 2.32. The van der Waals surface area contributed by atoms with Crippen molar-refractivity contribution in [3.63, 3.8) is 0 Å². The molecule has 0 bridgehead atoms. The fourth-order valence-corrected chi connectivity index (χ4v) is 3.25. The lowest BCUT2D eigenvalue weighted by Crippen LogP contribution is -2.28. The first kappa shape index (κ1) is 20.3. The molecule has 0 radical (unpaired) electrons. The normalized spacial score (nSPS) is 11.2. The summed E-state index contributed by atoms with van der Waals surface area (Å²) in [7, 11) is 0. The molecule has 1 heterocycles. The fourth-order valence-electron chi connectivity index (χ4n) is 3.25. The molecule has 0 saturated carbocycles. The van der Waals surface area contributed by atoms with Gasteiger partial charge in [-0.05, 0) is 19.8 Å². The van der Waals surface area contributed by atoms with Gasteiger partial charge < -0.3 is 0 Å². The van der Waals surface area contributed by atoms with Gasteiger partial charge in [0.1, 0.15) is 12.4 Å². The number of imidazole rings is 1. The van der Waals surface area contributed by atoms with Crippen LogP contribution in [0.25, 0.3) is 0 Å². The van der Waals surface area contributed by atoms with Gasteiger partial charge in [0.15, 0.2) is 0 Å². The van der Waals surface area contributed by atoms with Gasteiger partial charge in [-0.25, -0.2) is 9.13 Å². The molecule has 23 heavy (non-hydrogen) atoms. The van der Waals surface area contributed by atoms with Crippen LogP contribution in [-0.4, -0.2) is 4.57 Å². The van der Waals surface area contributed by atoms with Crippen LogP contribution in [-0.2, 0) is 13.1 Å². The van der Waals surface area contributed by atoms with Crippen LogP contribution in [0.3, 0.4) is 0 Å². The summed E-state index contributed by atoms with van der Waals surface area (Å²) in [5, 5.41) is 0. The lowest BCUT2D eigenvalue weighted by molar-refractivity contribution is -0.693. The van der Waals surface area contributed by atoms with E-state index in [-0.39, 0.29) is 0 Å². The summed E-state index contributed by atoms with van der Waals surface area (Å²) in [5.41, 5.74) is 0.